The van der Waals surface area contributed by atoms with Crippen molar-refractivity contribution in [2.24, 2.45) is 16.1 Å². The van der Waals surface area contributed by atoms with Crippen molar-refractivity contribution in [3.8, 4) is 0 Å². The summed E-state index contributed by atoms with van der Waals surface area (Å²) < 4.78 is 0. The van der Waals surface area contributed by atoms with Gasteiger partial charge in [0.05, 0.1) is 0 Å². The molecule has 0 saturated heterocycles. The number of amidine groups is 1. The molecule has 1 heterocycles. The van der Waals surface area contributed by atoms with Crippen LogP contribution in [0.4, 0.5) is 0 Å². The molecule has 0 aromatic heterocycles. The van der Waals surface area contributed by atoms with Crippen molar-refractivity contribution in [2.45, 2.75) is 13.8 Å². The van der Waals surface area contributed by atoms with Gasteiger partial charge in [0.15, 0.2) is 0 Å². The Labute approximate surface area is 61.1 Å². The van der Waals surface area contributed by atoms with Crippen LogP contribution < -0.4 is 5.73 Å². The van der Waals surface area contributed by atoms with Crippen molar-refractivity contribution in [1.29, 1.82) is 0 Å². The Balaban J connectivity index is 2.88. The monoisotopic (exact) mass is 136 g/mol. The molecule has 0 radical (unpaired) electrons. The van der Waals surface area contributed by atoms with E-state index in [9.17, 15) is 0 Å². The van der Waals surface area contributed by atoms with E-state index in [1.807, 2.05) is 18.2 Å². The molecule has 2 N–H and O–H groups in total. The number of hydrogen-bond donors (Lipinski definition) is 1. The maximum absolute atomic E-state index is 5.47. The van der Waals surface area contributed by atoms with E-state index in [2.05, 4.69) is 18.8 Å². The van der Waals surface area contributed by atoms with E-state index < -0.39 is 0 Å². The molecular formula is C8H12N2. The largest absolute Gasteiger partial charge is 0.384 e. The van der Waals surface area contributed by atoms with Gasteiger partial charge in [0.1, 0.15) is 5.84 Å². The van der Waals surface area contributed by atoms with Crippen LogP contribution in [0.25, 0.3) is 0 Å². The lowest BCUT2D eigenvalue weighted by molar-refractivity contribution is 0.626. The van der Waals surface area contributed by atoms with E-state index in [4.69, 9.17) is 5.73 Å². The van der Waals surface area contributed by atoms with E-state index in [1.54, 1.807) is 6.20 Å². The predicted octanol–water partition coefficient (Wildman–Crippen LogP) is 1.45. The summed E-state index contributed by atoms with van der Waals surface area (Å²) in [7, 11) is 0. The van der Waals surface area contributed by atoms with Crippen molar-refractivity contribution in [3.05, 3.63) is 24.4 Å². The maximum atomic E-state index is 5.47. The molecule has 0 unspecified atom stereocenters. The molecule has 0 fully saturated rings. The van der Waals surface area contributed by atoms with Crippen molar-refractivity contribution in [1.82, 2.24) is 0 Å². The Morgan fingerprint density at radius 2 is 2.10 bits per heavy atom. The molecule has 0 bridgehead atoms. The summed E-state index contributed by atoms with van der Waals surface area (Å²) in [5, 5.41) is 0. The molecule has 2 heteroatoms. The summed E-state index contributed by atoms with van der Waals surface area (Å²) in [4.78, 5) is 3.95. The van der Waals surface area contributed by atoms with E-state index in [0.29, 0.717) is 5.84 Å². The first kappa shape index (κ1) is 7.06. The summed E-state index contributed by atoms with van der Waals surface area (Å²) in [6.07, 6.45) is 7.63. The molecule has 0 aliphatic carbocycles. The van der Waals surface area contributed by atoms with Gasteiger partial charge < -0.3 is 5.73 Å². The highest BCUT2D eigenvalue weighted by Gasteiger charge is 2.09. The Bertz CT molecular complexity index is 209. The molecule has 10 heavy (non-hydrogen) atoms. The van der Waals surface area contributed by atoms with Gasteiger partial charge in [0, 0.05) is 11.6 Å². The number of nitrogens with two attached hydrogens (primary N) is 1. The van der Waals surface area contributed by atoms with E-state index >= 15 is 0 Å². The number of aliphatic imine (C=N–C) groups is 1. The van der Waals surface area contributed by atoms with Crippen molar-refractivity contribution in [2.75, 3.05) is 0 Å². The third-order valence-corrected chi connectivity index (χ3v) is 1.41. The van der Waals surface area contributed by atoms with Gasteiger partial charge in [0.25, 0.3) is 0 Å². The topological polar surface area (TPSA) is 38.4 Å². The summed E-state index contributed by atoms with van der Waals surface area (Å²) in [6, 6.07) is 0. The molecule has 1 aliphatic rings. The second-order valence-electron chi connectivity index (χ2n) is 3.02. The van der Waals surface area contributed by atoms with Crippen LogP contribution in [0.3, 0.4) is 0 Å². The van der Waals surface area contributed by atoms with Crippen LogP contribution in [0.15, 0.2) is 29.4 Å². The first-order valence-corrected chi connectivity index (χ1v) is 3.30. The van der Waals surface area contributed by atoms with E-state index in [-0.39, 0.29) is 5.41 Å². The molecule has 0 spiro atoms. The Hall–Kier alpha value is -1.05. The Kier molecular flexibility index (Phi) is 1.62. The highest BCUT2D eigenvalue weighted by atomic mass is 14.8. The minimum atomic E-state index is 0.0879. The fraction of sp³-hybridized carbons (Fsp3) is 0.375. The summed E-state index contributed by atoms with van der Waals surface area (Å²) >= 11 is 0. The molecule has 0 aromatic carbocycles. The second kappa shape index (κ2) is 2.29. The molecule has 0 saturated carbocycles. The fourth-order valence-electron chi connectivity index (χ4n) is 0.714. The Morgan fingerprint density at radius 1 is 1.40 bits per heavy atom. The van der Waals surface area contributed by atoms with Gasteiger partial charge in [-0.2, -0.15) is 0 Å². The van der Waals surface area contributed by atoms with Crippen molar-refractivity contribution >= 4 is 5.84 Å². The molecule has 0 amide bonds. The first-order valence-electron chi connectivity index (χ1n) is 3.30. The third kappa shape index (κ3) is 1.72. The number of rotatable bonds is 0. The smallest absolute Gasteiger partial charge is 0.122 e. The third-order valence-electron chi connectivity index (χ3n) is 1.41. The van der Waals surface area contributed by atoms with Crippen LogP contribution in [0.2, 0.25) is 0 Å². The van der Waals surface area contributed by atoms with Crippen molar-refractivity contribution < 1.29 is 0 Å². The number of allylic oxidation sites excluding steroid dienone is 2. The van der Waals surface area contributed by atoms with Crippen molar-refractivity contribution in [3.63, 3.8) is 0 Å². The van der Waals surface area contributed by atoms with Gasteiger partial charge in [-0.05, 0) is 6.08 Å². The number of hydrogen-bond acceptors (Lipinski definition) is 2. The Morgan fingerprint density at radius 3 is 2.80 bits per heavy atom. The van der Waals surface area contributed by atoms with Gasteiger partial charge in [-0.25, -0.2) is 4.99 Å². The number of nitrogens with zero attached hydrogens (tertiary/aromatic N) is 1. The van der Waals surface area contributed by atoms with Crippen LogP contribution in [0, 0.1) is 5.41 Å². The van der Waals surface area contributed by atoms with Crippen LogP contribution >= 0.6 is 0 Å². The highest BCUT2D eigenvalue weighted by Crippen LogP contribution is 2.19. The van der Waals surface area contributed by atoms with Crippen LogP contribution in [0.5, 0.6) is 0 Å². The lowest BCUT2D eigenvalue weighted by atomic mass is 9.93. The van der Waals surface area contributed by atoms with Gasteiger partial charge >= 0.3 is 0 Å². The molecule has 0 aromatic rings. The zero-order valence-corrected chi connectivity index (χ0v) is 6.33. The summed E-state index contributed by atoms with van der Waals surface area (Å²) in [6.45, 7) is 4.21. The second-order valence-corrected chi connectivity index (χ2v) is 3.02. The first-order chi connectivity index (χ1) is 4.60. The zero-order valence-electron chi connectivity index (χ0n) is 6.33. The molecule has 0 atom stereocenters. The van der Waals surface area contributed by atoms with Crippen LogP contribution in [-0.2, 0) is 0 Å². The normalized spacial score (nSPS) is 22.0. The van der Waals surface area contributed by atoms with E-state index in [0.717, 1.165) is 0 Å². The average molecular weight is 136 g/mol. The minimum absolute atomic E-state index is 0.0879. The fourth-order valence-corrected chi connectivity index (χ4v) is 0.714. The predicted molar refractivity (Wildman–Crippen MR) is 43.7 cm³/mol. The summed E-state index contributed by atoms with van der Waals surface area (Å²) in [5.41, 5.74) is 5.56. The van der Waals surface area contributed by atoms with Gasteiger partial charge in [-0.3, -0.25) is 0 Å². The lowest BCUT2D eigenvalue weighted by Gasteiger charge is -2.11. The molecular weight excluding hydrogens is 124 g/mol. The zero-order chi connectivity index (χ0) is 7.61. The van der Waals surface area contributed by atoms with Crippen LogP contribution in [0.1, 0.15) is 13.8 Å². The van der Waals surface area contributed by atoms with E-state index in [1.165, 1.54) is 0 Å². The minimum Gasteiger partial charge on any atom is -0.384 e. The molecule has 2 nitrogen and oxygen atoms in total. The average Bonchev–Trinajstić information content (AvgIpc) is 1.94. The lowest BCUT2D eigenvalue weighted by Crippen LogP contribution is -2.07. The van der Waals surface area contributed by atoms with Gasteiger partial charge in [-0.15, -0.1) is 0 Å². The highest BCUT2D eigenvalue weighted by molar-refractivity contribution is 5.92. The SMILES string of the molecule is CC1(C)C=CN=C(N)C=C1. The van der Waals surface area contributed by atoms with Crippen LogP contribution in [-0.4, -0.2) is 5.84 Å². The molecule has 1 rings (SSSR count). The van der Waals surface area contributed by atoms with Gasteiger partial charge in [-0.1, -0.05) is 26.0 Å². The summed E-state index contributed by atoms with van der Waals surface area (Å²) in [5.74, 6) is 0.571. The molecule has 1 aliphatic heterocycles. The standard InChI is InChI=1S/C8H12N2/c1-8(2)4-3-7(9)10-6-5-8/h3-6H,1-2H3,(H2,9,10). The molecule has 54 valence electrons. The maximum Gasteiger partial charge on any atom is 0.122 e. The van der Waals surface area contributed by atoms with Gasteiger partial charge in [0.2, 0.25) is 0 Å². The quantitative estimate of drug-likeness (QED) is 0.538.